The largest absolute Gasteiger partial charge is 2.00 e. The summed E-state index contributed by atoms with van der Waals surface area (Å²) >= 11 is 0. The van der Waals surface area contributed by atoms with Crippen LogP contribution in [0.5, 0.6) is 34.5 Å². The third-order valence-electron chi connectivity index (χ3n) is 11.3. The molecule has 32 heteroatoms. The van der Waals surface area contributed by atoms with Crippen LogP contribution in [0.15, 0.2) is 322 Å². The van der Waals surface area contributed by atoms with Crippen molar-refractivity contribution in [3.63, 3.8) is 0 Å². The van der Waals surface area contributed by atoms with Gasteiger partial charge in [-0.2, -0.15) is 0 Å². The molecule has 12 rings (SSSR count). The first kappa shape index (κ1) is 91.4. The van der Waals surface area contributed by atoms with Crippen LogP contribution in [0.4, 0.5) is 34.1 Å². The van der Waals surface area contributed by atoms with Gasteiger partial charge in [-0.05, 0) is 109 Å². The third-order valence-corrected chi connectivity index (χ3v) is 11.3. The fraction of sp³-hybridized carbons (Fsp3) is 0. The van der Waals surface area contributed by atoms with Gasteiger partial charge >= 0.3 is 68.3 Å². The number of hydrogen-bond acceptors (Lipinski definition) is 26. The molecule has 6 aromatic carbocycles. The summed E-state index contributed by atoms with van der Waals surface area (Å²) in [6, 6.07) is 73.1. The number of aliphatic imine (C=N–C) groups is 6. The zero-order valence-corrected chi connectivity index (χ0v) is 59.8. The van der Waals surface area contributed by atoms with Crippen molar-refractivity contribution < 1.29 is 157 Å². The van der Waals surface area contributed by atoms with Crippen molar-refractivity contribution in [3.05, 3.63) is 326 Å². The predicted molar refractivity (Wildman–Crippen MR) is 344 cm³/mol. The average Bonchev–Trinajstić information content (AvgIpc) is 0.934. The minimum atomic E-state index is -4.94. The standard InChI is InChI=1S/6C12H10N2O.2ClHO4.4Mn/c6*15-12-7-2-1-6-11(12)14-9-10-5-3-4-8-13-10;2*2-1(3,4)5;;;;/h6*1-9,15H;2*(H,2,3,4,5);;;;/q;;;;;;;;4*+2/p-8. The smallest absolute Gasteiger partial charge is 0.871 e. The van der Waals surface area contributed by atoms with Crippen LogP contribution in [0.2, 0.25) is 0 Å². The van der Waals surface area contributed by atoms with Crippen LogP contribution in [0.25, 0.3) is 0 Å². The number of aromatic nitrogens is 6. The van der Waals surface area contributed by atoms with E-state index in [2.05, 4.69) is 59.9 Å². The summed E-state index contributed by atoms with van der Waals surface area (Å²) in [5, 5.41) is 67.8. The molecule has 0 atom stereocenters. The number of hydrogen-bond donors (Lipinski definition) is 0. The van der Waals surface area contributed by atoms with Gasteiger partial charge in [0.1, 0.15) is 0 Å². The second-order valence-corrected chi connectivity index (χ2v) is 20.2. The van der Waals surface area contributed by atoms with E-state index in [0.29, 0.717) is 34.1 Å². The van der Waals surface area contributed by atoms with Gasteiger partial charge in [0.25, 0.3) is 0 Å². The van der Waals surface area contributed by atoms with E-state index in [1.165, 1.54) is 36.4 Å². The molecule has 4 radical (unpaired) electrons. The Kier molecular flexibility index (Phi) is 46.0. The first-order chi connectivity index (χ1) is 48.2. The second-order valence-electron chi connectivity index (χ2n) is 18.6. The number of benzene rings is 6. The van der Waals surface area contributed by atoms with Gasteiger partial charge in [-0.25, -0.2) is 37.3 Å². The van der Waals surface area contributed by atoms with Crippen LogP contribution < -0.4 is 67.9 Å². The summed E-state index contributed by atoms with van der Waals surface area (Å²) < 4.78 is 67.9. The SMILES string of the molecule is [Mn+2].[Mn+2].[Mn+2].[Mn+2].[O-][Cl+3]([O-])([O-])[O-].[O-][Cl+3]([O-])([O-])[O-].[O-]c1ccccc1N=Cc1ccccn1.[O-]c1ccccc1N=Cc1ccccn1.[O-]c1ccccc1N=Cc1ccccn1.[O-]c1ccccc1N=Cc1ccccn1.[O-]c1ccccc1N=Cc1ccccn1.[O-]c1ccccc1N=Cc1ccccn1. The van der Waals surface area contributed by atoms with E-state index in [1.54, 1.807) is 184 Å². The van der Waals surface area contributed by atoms with Crippen LogP contribution in [-0.2, 0) is 68.3 Å². The molecule has 0 saturated carbocycles. The van der Waals surface area contributed by atoms with E-state index in [9.17, 15) is 30.6 Å². The van der Waals surface area contributed by atoms with Crippen molar-refractivity contribution in [1.82, 2.24) is 29.9 Å². The number of halogens is 2. The Morgan fingerprint density at radius 1 is 0.192 bits per heavy atom. The molecule has 0 spiro atoms. The summed E-state index contributed by atoms with van der Waals surface area (Å²) in [6.07, 6.45) is 19.6. The van der Waals surface area contributed by atoms with E-state index in [0.717, 1.165) is 34.2 Å². The molecule has 0 saturated heterocycles. The Bertz CT molecular complexity index is 3750. The molecule has 0 aliphatic carbocycles. The van der Waals surface area contributed by atoms with E-state index < -0.39 is 20.5 Å². The maximum absolute atomic E-state index is 11.3. The Balaban J connectivity index is 0.000000603. The fourth-order valence-electron chi connectivity index (χ4n) is 6.91. The van der Waals surface area contributed by atoms with E-state index >= 15 is 0 Å². The maximum Gasteiger partial charge on any atom is 2.00 e. The van der Waals surface area contributed by atoms with Gasteiger partial charge in [0, 0.05) is 37.2 Å². The molecular formula is C72H54Cl2Mn4N12O14. The Labute approximate surface area is 643 Å². The van der Waals surface area contributed by atoms with Crippen molar-refractivity contribution in [1.29, 1.82) is 0 Å². The molecule has 0 amide bonds. The van der Waals surface area contributed by atoms with E-state index in [-0.39, 0.29) is 103 Å². The van der Waals surface area contributed by atoms with Crippen LogP contribution in [0.3, 0.4) is 0 Å². The number of rotatable bonds is 12. The normalized spacial score (nSPS) is 10.4. The first-order valence-corrected chi connectivity index (χ1v) is 31.1. The summed E-state index contributed by atoms with van der Waals surface area (Å²) in [5.41, 5.74) is 7.02. The van der Waals surface area contributed by atoms with Crippen molar-refractivity contribution in [2.75, 3.05) is 0 Å². The van der Waals surface area contributed by atoms with Crippen LogP contribution >= 0.6 is 0 Å². The molecule has 0 unspecified atom stereocenters. The van der Waals surface area contributed by atoms with Crippen LogP contribution in [0.1, 0.15) is 34.2 Å². The fourth-order valence-corrected chi connectivity index (χ4v) is 6.91. The average molecular weight is 1600 g/mol. The van der Waals surface area contributed by atoms with Crippen molar-refractivity contribution >= 4 is 71.4 Å². The molecule has 6 heterocycles. The molecule has 6 aromatic heterocycles. The Morgan fingerprint density at radius 3 is 0.413 bits per heavy atom. The van der Waals surface area contributed by atoms with Crippen molar-refractivity contribution in [3.8, 4) is 34.5 Å². The third kappa shape index (κ3) is 42.0. The molecule has 0 aliphatic rings. The molecular weight excluding hydrogens is 1550 g/mol. The van der Waals surface area contributed by atoms with Gasteiger partial charge in [-0.3, -0.25) is 59.9 Å². The molecule has 104 heavy (non-hydrogen) atoms. The zero-order chi connectivity index (χ0) is 72.1. The second kappa shape index (κ2) is 52.4. The van der Waals surface area contributed by atoms with Gasteiger partial charge in [-0.15, -0.1) is 20.5 Å². The summed E-state index contributed by atoms with van der Waals surface area (Å²) in [5.74, 6) is -0.474. The van der Waals surface area contributed by atoms with Crippen molar-refractivity contribution in [2.24, 2.45) is 30.0 Å². The van der Waals surface area contributed by atoms with Gasteiger partial charge in [0.2, 0.25) is 0 Å². The number of para-hydroxylation sites is 12. The molecule has 26 nitrogen and oxygen atoms in total. The van der Waals surface area contributed by atoms with Crippen LogP contribution in [0, 0.1) is 20.5 Å². The molecule has 528 valence electrons. The minimum Gasteiger partial charge on any atom is -0.871 e. The maximum atomic E-state index is 11.3. The Morgan fingerprint density at radius 2 is 0.308 bits per heavy atom. The van der Waals surface area contributed by atoms with Gasteiger partial charge < -0.3 is 30.6 Å². The molecule has 0 N–H and O–H groups in total. The minimum absolute atomic E-state index is 0. The molecule has 0 fully saturated rings. The summed E-state index contributed by atoms with van der Waals surface area (Å²) in [4.78, 5) is 48.9. The summed E-state index contributed by atoms with van der Waals surface area (Å²) in [6.45, 7) is 0. The molecule has 0 aliphatic heterocycles. The monoisotopic (exact) mass is 1600 g/mol. The summed E-state index contributed by atoms with van der Waals surface area (Å²) in [7, 11) is -9.89. The Hall–Kier alpha value is -10.6. The van der Waals surface area contributed by atoms with Crippen LogP contribution in [-0.4, -0.2) is 67.2 Å². The quantitative estimate of drug-likeness (QED) is 0.124. The van der Waals surface area contributed by atoms with Gasteiger partial charge in [-0.1, -0.05) is 180 Å². The number of pyridine rings is 6. The predicted octanol–water partition coefficient (Wildman–Crippen LogP) is 1.91. The topological polar surface area (TPSA) is 474 Å². The molecule has 0 bridgehead atoms. The first-order valence-electron chi connectivity index (χ1n) is 28.7. The molecule has 12 aromatic rings. The zero-order valence-electron chi connectivity index (χ0n) is 53.5. The number of nitrogens with zero attached hydrogens (tertiary/aromatic N) is 12. The van der Waals surface area contributed by atoms with E-state index in [4.69, 9.17) is 37.3 Å². The van der Waals surface area contributed by atoms with Gasteiger partial charge in [0.05, 0.1) is 106 Å². The van der Waals surface area contributed by atoms with Gasteiger partial charge in [0.15, 0.2) is 0 Å². The van der Waals surface area contributed by atoms with Crippen molar-refractivity contribution in [2.45, 2.75) is 0 Å². The van der Waals surface area contributed by atoms with E-state index in [1.807, 2.05) is 109 Å².